The highest BCUT2D eigenvalue weighted by molar-refractivity contribution is 6.34. The van der Waals surface area contributed by atoms with Gasteiger partial charge in [-0.25, -0.2) is 4.79 Å². The maximum atomic E-state index is 11.8. The Labute approximate surface area is 132 Å². The molecule has 0 aromatic heterocycles. The first-order chi connectivity index (χ1) is 10.0. The molecule has 2 rings (SSSR count). The first-order valence-electron chi connectivity index (χ1n) is 6.17. The second kappa shape index (κ2) is 6.70. The van der Waals surface area contributed by atoms with Crippen LogP contribution in [0.4, 0.5) is 11.4 Å². The van der Waals surface area contributed by atoms with Gasteiger partial charge < -0.3 is 15.8 Å². The SMILES string of the molecule is COC(=O)c1cc(N)cc(Cl)c1NCc1cccc(Cl)c1. The lowest BCUT2D eigenvalue weighted by molar-refractivity contribution is 0.0602. The van der Waals surface area contributed by atoms with Crippen LogP contribution < -0.4 is 11.1 Å². The number of nitrogens with two attached hydrogens (primary N) is 1. The van der Waals surface area contributed by atoms with Crippen LogP contribution in [0.2, 0.25) is 10.0 Å². The van der Waals surface area contributed by atoms with E-state index in [9.17, 15) is 4.79 Å². The zero-order chi connectivity index (χ0) is 15.4. The lowest BCUT2D eigenvalue weighted by atomic mass is 10.1. The fourth-order valence-electron chi connectivity index (χ4n) is 1.92. The number of methoxy groups -OCH3 is 1. The van der Waals surface area contributed by atoms with Crippen molar-refractivity contribution in [1.82, 2.24) is 0 Å². The molecule has 0 saturated carbocycles. The van der Waals surface area contributed by atoms with Crippen LogP contribution in [0, 0.1) is 0 Å². The molecule has 6 heteroatoms. The monoisotopic (exact) mass is 324 g/mol. The Morgan fingerprint density at radius 2 is 2.05 bits per heavy atom. The predicted molar refractivity (Wildman–Crippen MR) is 86.0 cm³/mol. The van der Waals surface area contributed by atoms with Crippen molar-refractivity contribution >= 4 is 40.5 Å². The third kappa shape index (κ3) is 3.80. The van der Waals surface area contributed by atoms with Crippen molar-refractivity contribution in [3.8, 4) is 0 Å². The van der Waals surface area contributed by atoms with E-state index in [0.29, 0.717) is 33.5 Å². The largest absolute Gasteiger partial charge is 0.465 e. The van der Waals surface area contributed by atoms with E-state index in [1.165, 1.54) is 13.2 Å². The molecule has 0 amide bonds. The van der Waals surface area contributed by atoms with Crippen molar-refractivity contribution in [2.75, 3.05) is 18.2 Å². The fourth-order valence-corrected chi connectivity index (χ4v) is 2.42. The number of benzene rings is 2. The Morgan fingerprint density at radius 3 is 2.71 bits per heavy atom. The number of hydrogen-bond donors (Lipinski definition) is 2. The quantitative estimate of drug-likeness (QED) is 0.659. The lowest BCUT2D eigenvalue weighted by Crippen LogP contribution is -2.09. The first-order valence-corrected chi connectivity index (χ1v) is 6.92. The van der Waals surface area contributed by atoms with Gasteiger partial charge in [0.05, 0.1) is 23.4 Å². The minimum Gasteiger partial charge on any atom is -0.465 e. The van der Waals surface area contributed by atoms with Crippen molar-refractivity contribution in [3.05, 3.63) is 57.6 Å². The van der Waals surface area contributed by atoms with Gasteiger partial charge in [-0.15, -0.1) is 0 Å². The highest BCUT2D eigenvalue weighted by Crippen LogP contribution is 2.30. The minimum atomic E-state index is -0.502. The summed E-state index contributed by atoms with van der Waals surface area (Å²) in [7, 11) is 1.31. The second-order valence-corrected chi connectivity index (χ2v) is 5.24. The predicted octanol–water partition coefficient (Wildman–Crippen LogP) is 3.97. The molecule has 0 radical (unpaired) electrons. The van der Waals surface area contributed by atoms with Crippen molar-refractivity contribution in [1.29, 1.82) is 0 Å². The summed E-state index contributed by atoms with van der Waals surface area (Å²) in [4.78, 5) is 11.8. The smallest absolute Gasteiger partial charge is 0.340 e. The fraction of sp³-hybridized carbons (Fsp3) is 0.133. The van der Waals surface area contributed by atoms with Gasteiger partial charge in [0.2, 0.25) is 0 Å². The molecule has 0 aliphatic carbocycles. The molecule has 21 heavy (non-hydrogen) atoms. The van der Waals surface area contributed by atoms with Gasteiger partial charge in [-0.3, -0.25) is 0 Å². The summed E-state index contributed by atoms with van der Waals surface area (Å²) in [5, 5.41) is 4.12. The third-order valence-electron chi connectivity index (χ3n) is 2.88. The van der Waals surface area contributed by atoms with Crippen LogP contribution in [0.15, 0.2) is 36.4 Å². The standard InChI is InChI=1S/C15H14Cl2N2O2/c1-21-15(20)12-6-11(18)7-13(17)14(12)19-8-9-3-2-4-10(16)5-9/h2-7,19H,8,18H2,1H3. The van der Waals surface area contributed by atoms with Crippen molar-refractivity contribution in [2.45, 2.75) is 6.54 Å². The van der Waals surface area contributed by atoms with E-state index >= 15 is 0 Å². The van der Waals surface area contributed by atoms with Gasteiger partial charge >= 0.3 is 5.97 Å². The van der Waals surface area contributed by atoms with Gasteiger partial charge in [0.25, 0.3) is 0 Å². The molecule has 0 bridgehead atoms. The summed E-state index contributed by atoms with van der Waals surface area (Å²) < 4.78 is 4.74. The number of carbonyl (C=O) groups is 1. The molecule has 0 saturated heterocycles. The average molecular weight is 325 g/mol. The molecule has 0 aliphatic rings. The molecule has 110 valence electrons. The number of ether oxygens (including phenoxy) is 1. The maximum Gasteiger partial charge on any atom is 0.340 e. The number of halogens is 2. The van der Waals surface area contributed by atoms with Gasteiger partial charge in [0.15, 0.2) is 0 Å². The second-order valence-electron chi connectivity index (χ2n) is 4.40. The molecule has 4 nitrogen and oxygen atoms in total. The summed E-state index contributed by atoms with van der Waals surface area (Å²) in [6, 6.07) is 10.5. The van der Waals surface area contributed by atoms with E-state index < -0.39 is 5.97 Å². The van der Waals surface area contributed by atoms with Crippen LogP contribution in [0.3, 0.4) is 0 Å². The topological polar surface area (TPSA) is 64.3 Å². The van der Waals surface area contributed by atoms with Crippen LogP contribution in [-0.2, 0) is 11.3 Å². The Balaban J connectivity index is 2.28. The number of anilines is 2. The van der Waals surface area contributed by atoms with Gasteiger partial charge in [-0.05, 0) is 29.8 Å². The van der Waals surface area contributed by atoms with E-state index in [4.69, 9.17) is 33.7 Å². The van der Waals surface area contributed by atoms with Crippen LogP contribution in [0.25, 0.3) is 0 Å². The molecular formula is C15H14Cl2N2O2. The Kier molecular flexibility index (Phi) is 4.94. The average Bonchev–Trinajstić information content (AvgIpc) is 2.45. The number of hydrogen-bond acceptors (Lipinski definition) is 4. The third-order valence-corrected chi connectivity index (χ3v) is 3.41. The normalized spacial score (nSPS) is 10.2. The first kappa shape index (κ1) is 15.5. The summed E-state index contributed by atoms with van der Waals surface area (Å²) in [6.07, 6.45) is 0. The number of esters is 1. The molecule has 0 aliphatic heterocycles. The number of carbonyl (C=O) groups excluding carboxylic acids is 1. The van der Waals surface area contributed by atoms with E-state index in [-0.39, 0.29) is 0 Å². The minimum absolute atomic E-state index is 0.296. The molecule has 0 atom stereocenters. The lowest BCUT2D eigenvalue weighted by Gasteiger charge is -2.14. The van der Waals surface area contributed by atoms with E-state index in [1.807, 2.05) is 18.2 Å². The van der Waals surface area contributed by atoms with Crippen LogP contribution >= 0.6 is 23.2 Å². The van der Waals surface area contributed by atoms with Crippen LogP contribution in [-0.4, -0.2) is 13.1 Å². The molecular weight excluding hydrogens is 311 g/mol. The molecule has 3 N–H and O–H groups in total. The molecule has 0 heterocycles. The van der Waals surface area contributed by atoms with Crippen LogP contribution in [0.1, 0.15) is 15.9 Å². The number of nitrogen functional groups attached to an aromatic ring is 1. The molecule has 0 spiro atoms. The van der Waals surface area contributed by atoms with Gasteiger partial charge in [-0.1, -0.05) is 35.3 Å². The summed E-state index contributed by atoms with van der Waals surface area (Å²) in [6.45, 7) is 0.466. The number of rotatable bonds is 4. The highest BCUT2D eigenvalue weighted by atomic mass is 35.5. The summed E-state index contributed by atoms with van der Waals surface area (Å²) in [5.74, 6) is -0.502. The zero-order valence-electron chi connectivity index (χ0n) is 11.3. The number of nitrogens with one attached hydrogen (secondary N) is 1. The zero-order valence-corrected chi connectivity index (χ0v) is 12.8. The summed E-state index contributed by atoms with van der Waals surface area (Å²) >= 11 is 12.1. The molecule has 2 aromatic carbocycles. The van der Waals surface area contributed by atoms with E-state index in [0.717, 1.165) is 5.56 Å². The Morgan fingerprint density at radius 1 is 1.29 bits per heavy atom. The van der Waals surface area contributed by atoms with Crippen LogP contribution in [0.5, 0.6) is 0 Å². The molecule has 2 aromatic rings. The molecule has 0 unspecified atom stereocenters. The van der Waals surface area contributed by atoms with E-state index in [2.05, 4.69) is 5.32 Å². The Hall–Kier alpha value is -1.91. The van der Waals surface area contributed by atoms with Gasteiger partial charge in [0, 0.05) is 17.3 Å². The Bertz CT molecular complexity index is 675. The van der Waals surface area contributed by atoms with Crippen molar-refractivity contribution in [2.24, 2.45) is 0 Å². The highest BCUT2D eigenvalue weighted by Gasteiger charge is 2.16. The van der Waals surface area contributed by atoms with Crippen molar-refractivity contribution in [3.63, 3.8) is 0 Å². The summed E-state index contributed by atoms with van der Waals surface area (Å²) in [5.41, 5.74) is 7.85. The van der Waals surface area contributed by atoms with E-state index in [1.54, 1.807) is 12.1 Å². The van der Waals surface area contributed by atoms with Gasteiger partial charge in [-0.2, -0.15) is 0 Å². The van der Waals surface area contributed by atoms with Gasteiger partial charge in [0.1, 0.15) is 0 Å². The van der Waals surface area contributed by atoms with Crippen molar-refractivity contribution < 1.29 is 9.53 Å². The molecule has 0 fully saturated rings. The maximum absolute atomic E-state index is 11.8.